The van der Waals surface area contributed by atoms with Crippen molar-refractivity contribution in [3.8, 4) is 0 Å². The maximum atomic E-state index is 11.6. The quantitative estimate of drug-likeness (QED) is 0.295. The van der Waals surface area contributed by atoms with Crippen molar-refractivity contribution in [2.75, 3.05) is 6.61 Å². The van der Waals surface area contributed by atoms with Gasteiger partial charge >= 0.3 is 0 Å². The van der Waals surface area contributed by atoms with Crippen LogP contribution in [0.5, 0.6) is 0 Å². The van der Waals surface area contributed by atoms with Gasteiger partial charge in [0.25, 0.3) is 0 Å². The molecule has 7 heteroatoms. The van der Waals surface area contributed by atoms with Crippen molar-refractivity contribution in [3.05, 3.63) is 71.8 Å². The molecule has 42 heavy (non-hydrogen) atoms. The maximum Gasteiger partial charge on any atom is 0.191 e. The van der Waals surface area contributed by atoms with Crippen LogP contribution in [0.2, 0.25) is 18.1 Å². The number of hydrogen-bond acceptors (Lipinski definition) is 6. The predicted octanol–water partition coefficient (Wildman–Crippen LogP) is 6.35. The third-order valence-electron chi connectivity index (χ3n) is 10.9. The van der Waals surface area contributed by atoms with Gasteiger partial charge in [0.15, 0.2) is 8.32 Å². The van der Waals surface area contributed by atoms with Crippen LogP contribution in [-0.2, 0) is 31.9 Å². The van der Waals surface area contributed by atoms with Crippen molar-refractivity contribution in [1.82, 2.24) is 0 Å². The number of aliphatic hydroxyl groups excluding tert-OH is 2. The Morgan fingerprint density at radius 3 is 2.02 bits per heavy atom. The molecule has 0 amide bonds. The molecule has 2 aromatic rings. The van der Waals surface area contributed by atoms with E-state index in [1.165, 1.54) is 0 Å². The maximum absolute atomic E-state index is 11.6. The van der Waals surface area contributed by atoms with Crippen LogP contribution in [0.25, 0.3) is 0 Å². The van der Waals surface area contributed by atoms with Crippen molar-refractivity contribution in [1.29, 1.82) is 0 Å². The number of aliphatic hydroxyl groups is 2. The standard InChI is InChI=1S/C35H52O6Si/c1-23-31(38-21-25-14-10-8-11-15-25)30-27-20-29(37)28(18-19-40-42(6,7)34(3,4)5)35(30,24(2)36)41-33(27)32(23)39-22-26-16-12-9-13-17-26/h8-17,23-24,27-33,36-37H,18-22H2,1-7H3/t23-,24?,27-,28+,29+,30+,31-,32-,33-,35+/m1/s1. The molecule has 1 aliphatic heterocycles. The minimum absolute atomic E-state index is 0.0323. The fourth-order valence-electron chi connectivity index (χ4n) is 7.72. The first-order chi connectivity index (χ1) is 19.9. The van der Waals surface area contributed by atoms with Gasteiger partial charge in [0, 0.05) is 24.4 Å². The summed E-state index contributed by atoms with van der Waals surface area (Å²) in [7, 11) is -1.97. The first kappa shape index (κ1) is 31.8. The number of ether oxygens (including phenoxy) is 3. The second-order valence-corrected chi connectivity index (χ2v) is 19.3. The highest BCUT2D eigenvalue weighted by Crippen LogP contribution is 2.62. The van der Waals surface area contributed by atoms with E-state index in [2.05, 4.69) is 65.1 Å². The lowest BCUT2D eigenvalue weighted by atomic mass is 9.55. The van der Waals surface area contributed by atoms with Crippen LogP contribution < -0.4 is 0 Å². The van der Waals surface area contributed by atoms with Crippen molar-refractivity contribution in [2.45, 2.75) is 115 Å². The Kier molecular flexibility index (Phi) is 9.42. The van der Waals surface area contributed by atoms with E-state index in [4.69, 9.17) is 18.6 Å². The Balaban J connectivity index is 1.45. The van der Waals surface area contributed by atoms with Crippen molar-refractivity contribution >= 4 is 8.32 Å². The van der Waals surface area contributed by atoms with Gasteiger partial charge in [-0.15, -0.1) is 0 Å². The van der Waals surface area contributed by atoms with E-state index in [0.717, 1.165) is 11.1 Å². The van der Waals surface area contributed by atoms with Crippen LogP contribution in [0.4, 0.5) is 0 Å². The molecular weight excluding hydrogens is 544 g/mol. The molecule has 2 N–H and O–H groups in total. The molecule has 1 heterocycles. The van der Waals surface area contributed by atoms with Gasteiger partial charge in [0.1, 0.15) is 5.60 Å². The van der Waals surface area contributed by atoms with Gasteiger partial charge in [-0.2, -0.15) is 0 Å². The van der Waals surface area contributed by atoms with E-state index in [-0.39, 0.29) is 47.0 Å². The molecule has 3 fully saturated rings. The Morgan fingerprint density at radius 2 is 1.50 bits per heavy atom. The summed E-state index contributed by atoms with van der Waals surface area (Å²) in [5, 5.41) is 23.3. The number of benzene rings is 2. The monoisotopic (exact) mass is 596 g/mol. The van der Waals surface area contributed by atoms with E-state index < -0.39 is 26.1 Å². The SMILES string of the molecule is CC(O)[C@]12O[C@@H]3[C@H](C[C@H](O)[C@@H]1CCO[Si](C)(C)C(C)(C)C)[C@H]2[C@H](OCc1ccccc1)[C@@H](C)[C@H]3OCc1ccccc1. The lowest BCUT2D eigenvalue weighted by molar-refractivity contribution is -0.204. The average Bonchev–Trinajstić information content (AvgIpc) is 3.13. The van der Waals surface area contributed by atoms with E-state index in [1.54, 1.807) is 0 Å². The number of hydrogen-bond donors (Lipinski definition) is 2. The molecule has 0 radical (unpaired) electrons. The molecule has 3 aliphatic rings. The molecule has 2 aliphatic carbocycles. The summed E-state index contributed by atoms with van der Waals surface area (Å²) in [5.74, 6) is -0.246. The van der Waals surface area contributed by atoms with E-state index in [0.29, 0.717) is 32.7 Å². The molecule has 10 atom stereocenters. The van der Waals surface area contributed by atoms with Crippen LogP contribution in [-0.4, -0.2) is 61.3 Å². The first-order valence-corrected chi connectivity index (χ1v) is 18.8. The molecule has 4 bridgehead atoms. The molecule has 5 rings (SSSR count). The summed E-state index contributed by atoms with van der Waals surface area (Å²) in [6.07, 6.45) is -0.775. The van der Waals surface area contributed by atoms with E-state index >= 15 is 0 Å². The third kappa shape index (κ3) is 5.91. The van der Waals surface area contributed by atoms with Gasteiger partial charge in [0.05, 0.1) is 43.7 Å². The normalized spacial score (nSPS) is 35.3. The van der Waals surface area contributed by atoms with E-state index in [1.807, 2.05) is 43.3 Å². The highest BCUT2D eigenvalue weighted by atomic mass is 28.4. The van der Waals surface area contributed by atoms with Crippen LogP contribution in [0.3, 0.4) is 0 Å². The molecule has 1 saturated heterocycles. The summed E-state index contributed by atoms with van der Waals surface area (Å²) in [6.45, 7) is 16.8. The van der Waals surface area contributed by atoms with Crippen molar-refractivity contribution in [2.24, 2.45) is 23.7 Å². The summed E-state index contributed by atoms with van der Waals surface area (Å²) in [5.41, 5.74) is 1.29. The van der Waals surface area contributed by atoms with Gasteiger partial charge in [0.2, 0.25) is 0 Å². The molecule has 232 valence electrons. The summed E-state index contributed by atoms with van der Waals surface area (Å²) in [6, 6.07) is 20.5. The highest BCUT2D eigenvalue weighted by molar-refractivity contribution is 6.74. The molecule has 2 saturated carbocycles. The zero-order valence-electron chi connectivity index (χ0n) is 26.5. The highest BCUT2D eigenvalue weighted by Gasteiger charge is 2.72. The molecule has 2 aromatic carbocycles. The van der Waals surface area contributed by atoms with E-state index in [9.17, 15) is 10.2 Å². The van der Waals surface area contributed by atoms with Gasteiger partial charge in [-0.3, -0.25) is 0 Å². The zero-order valence-corrected chi connectivity index (χ0v) is 27.5. The first-order valence-electron chi connectivity index (χ1n) is 15.9. The summed E-state index contributed by atoms with van der Waals surface area (Å²) in [4.78, 5) is 0. The Morgan fingerprint density at radius 1 is 0.952 bits per heavy atom. The smallest absolute Gasteiger partial charge is 0.191 e. The van der Waals surface area contributed by atoms with Crippen LogP contribution in [0.1, 0.15) is 58.6 Å². The number of rotatable bonds is 11. The molecule has 1 unspecified atom stereocenters. The van der Waals surface area contributed by atoms with Gasteiger partial charge in [-0.05, 0) is 54.9 Å². The predicted molar refractivity (Wildman–Crippen MR) is 167 cm³/mol. The van der Waals surface area contributed by atoms with Gasteiger partial charge < -0.3 is 28.8 Å². The summed E-state index contributed by atoms with van der Waals surface area (Å²) < 4.78 is 27.2. The fourth-order valence-corrected chi connectivity index (χ4v) is 8.78. The Hall–Kier alpha value is -1.58. The lowest BCUT2D eigenvalue weighted by Crippen LogP contribution is -2.64. The molecule has 6 nitrogen and oxygen atoms in total. The topological polar surface area (TPSA) is 77.4 Å². The van der Waals surface area contributed by atoms with Crippen LogP contribution in [0, 0.1) is 23.7 Å². The zero-order chi connectivity index (χ0) is 30.3. The summed E-state index contributed by atoms with van der Waals surface area (Å²) >= 11 is 0. The van der Waals surface area contributed by atoms with Gasteiger partial charge in [-0.1, -0.05) is 88.4 Å². The Labute approximate surface area is 253 Å². The van der Waals surface area contributed by atoms with Crippen LogP contribution >= 0.6 is 0 Å². The third-order valence-corrected chi connectivity index (χ3v) is 15.5. The second-order valence-electron chi connectivity index (χ2n) is 14.5. The molecule has 0 spiro atoms. The molecular formula is C35H52O6Si. The van der Waals surface area contributed by atoms with Crippen LogP contribution in [0.15, 0.2) is 60.7 Å². The van der Waals surface area contributed by atoms with Gasteiger partial charge in [-0.25, -0.2) is 0 Å². The fraction of sp³-hybridized carbons (Fsp3) is 0.657. The average molecular weight is 597 g/mol. The van der Waals surface area contributed by atoms with Crippen molar-refractivity contribution in [3.63, 3.8) is 0 Å². The molecule has 0 aromatic heterocycles. The lowest BCUT2D eigenvalue weighted by Gasteiger charge is -2.54. The largest absolute Gasteiger partial charge is 0.417 e. The second kappa shape index (κ2) is 12.4. The van der Waals surface area contributed by atoms with Crippen molar-refractivity contribution < 1.29 is 28.8 Å². The minimum atomic E-state index is -1.97. The minimum Gasteiger partial charge on any atom is -0.417 e. The Bertz CT molecular complexity index is 1150.